The number of pyridine rings is 1. The quantitative estimate of drug-likeness (QED) is 0.668. The fourth-order valence-electron chi connectivity index (χ4n) is 2.45. The highest BCUT2D eigenvalue weighted by Crippen LogP contribution is 2.14. The van der Waals surface area contributed by atoms with Crippen molar-refractivity contribution in [2.75, 3.05) is 0 Å². The van der Waals surface area contributed by atoms with Gasteiger partial charge in [0, 0.05) is 11.5 Å². The molecule has 0 aliphatic heterocycles. The molecule has 0 saturated heterocycles. The Morgan fingerprint density at radius 2 is 1.85 bits per heavy atom. The number of hydrogen-bond acceptors (Lipinski definition) is 4. The molecule has 0 spiro atoms. The monoisotopic (exact) mass is 348 g/mol. The zero-order valence-corrected chi connectivity index (χ0v) is 14.4. The fraction of sp³-hybridized carbons (Fsp3) is 0.143. The molecule has 1 aromatic heterocycles. The van der Waals surface area contributed by atoms with Gasteiger partial charge in [0.15, 0.2) is 0 Å². The van der Waals surface area contributed by atoms with Crippen LogP contribution in [0.5, 0.6) is 0 Å². The molecule has 0 aliphatic carbocycles. The Morgan fingerprint density at radius 1 is 1.12 bits per heavy atom. The second-order valence-electron chi connectivity index (χ2n) is 5.93. The van der Waals surface area contributed by atoms with E-state index in [0.29, 0.717) is 5.69 Å². The Morgan fingerprint density at radius 3 is 2.65 bits per heavy atom. The van der Waals surface area contributed by atoms with Gasteiger partial charge in [-0.25, -0.2) is 9.78 Å². The van der Waals surface area contributed by atoms with Gasteiger partial charge in [-0.1, -0.05) is 54.6 Å². The summed E-state index contributed by atoms with van der Waals surface area (Å²) in [5.74, 6) is 0.00411. The minimum atomic E-state index is -0.591. The molecule has 5 heteroatoms. The number of fused-ring (bicyclic) bond motifs is 1. The van der Waals surface area contributed by atoms with Crippen LogP contribution in [0.25, 0.3) is 17.0 Å². The summed E-state index contributed by atoms with van der Waals surface area (Å²) < 4.78 is 5.15. The van der Waals surface area contributed by atoms with Crippen LogP contribution < -0.4 is 5.32 Å². The first-order valence-corrected chi connectivity index (χ1v) is 8.35. The Labute approximate surface area is 152 Å². The lowest BCUT2D eigenvalue weighted by atomic mass is 10.2. The van der Waals surface area contributed by atoms with Gasteiger partial charge in [-0.05, 0) is 24.6 Å². The Bertz CT molecular complexity index is 923. The molecule has 3 aromatic rings. The molecule has 1 amide bonds. The largest absolute Gasteiger partial charge is 0.510 e. The van der Waals surface area contributed by atoms with E-state index in [4.69, 9.17) is 4.74 Å². The predicted octanol–water partition coefficient (Wildman–Crippen LogP) is 4.45. The van der Waals surface area contributed by atoms with Crippen LogP contribution in [-0.4, -0.2) is 22.2 Å². The van der Waals surface area contributed by atoms with E-state index in [9.17, 15) is 9.90 Å². The zero-order chi connectivity index (χ0) is 18.4. The van der Waals surface area contributed by atoms with E-state index in [1.807, 2.05) is 66.7 Å². The molecule has 1 atom stereocenters. The molecule has 5 nitrogen and oxygen atoms in total. The van der Waals surface area contributed by atoms with E-state index in [1.165, 1.54) is 6.08 Å². The smallest absolute Gasteiger partial charge is 0.408 e. The van der Waals surface area contributed by atoms with Crippen LogP contribution in [0.2, 0.25) is 0 Å². The number of nitrogens with one attached hydrogen (secondary N) is 1. The van der Waals surface area contributed by atoms with Crippen LogP contribution in [0.15, 0.2) is 72.5 Å². The molecule has 3 rings (SSSR count). The number of aliphatic hydroxyl groups excluding tert-OH is 1. The molecule has 0 radical (unpaired) electrons. The maximum absolute atomic E-state index is 11.9. The van der Waals surface area contributed by atoms with Gasteiger partial charge in [0.05, 0.1) is 17.3 Å². The van der Waals surface area contributed by atoms with E-state index in [-0.39, 0.29) is 12.4 Å². The average Bonchev–Trinajstić information content (AvgIpc) is 2.67. The highest BCUT2D eigenvalue weighted by molar-refractivity contribution is 5.79. The lowest BCUT2D eigenvalue weighted by Crippen LogP contribution is -2.34. The summed E-state index contributed by atoms with van der Waals surface area (Å²) in [6.45, 7) is 1.85. The standard InChI is InChI=1S/C21H20N2O3/c1-15(22-21(25)26-14-16-7-3-2-4-8-16)20(24)13-18-12-11-17-9-5-6-10-19(17)23-18/h2-13,15,24H,14H2,1H3,(H,22,25)/b20-13-/t15-/m0/s1. The molecular weight excluding hydrogens is 328 g/mol. The molecule has 2 aromatic carbocycles. The summed E-state index contributed by atoms with van der Waals surface area (Å²) >= 11 is 0. The van der Waals surface area contributed by atoms with Gasteiger partial charge in [0.1, 0.15) is 12.4 Å². The number of carbonyl (C=O) groups excluding carboxylic acids is 1. The molecule has 0 unspecified atom stereocenters. The van der Waals surface area contributed by atoms with Gasteiger partial charge in [-0.3, -0.25) is 0 Å². The predicted molar refractivity (Wildman–Crippen MR) is 102 cm³/mol. The van der Waals surface area contributed by atoms with Gasteiger partial charge < -0.3 is 15.2 Å². The van der Waals surface area contributed by atoms with Crippen LogP contribution in [0.1, 0.15) is 18.2 Å². The molecule has 0 fully saturated rings. The van der Waals surface area contributed by atoms with E-state index in [0.717, 1.165) is 16.5 Å². The SMILES string of the molecule is C[C@H](NC(=O)OCc1ccccc1)/C(O)=C/c1ccc2ccccc2n1. The summed E-state index contributed by atoms with van der Waals surface area (Å²) in [7, 11) is 0. The Balaban J connectivity index is 1.59. The maximum atomic E-state index is 11.9. The molecular formula is C21H20N2O3. The van der Waals surface area contributed by atoms with Crippen LogP contribution in [0, 0.1) is 0 Å². The molecule has 132 valence electrons. The van der Waals surface area contributed by atoms with Crippen molar-refractivity contribution in [3.63, 3.8) is 0 Å². The maximum Gasteiger partial charge on any atom is 0.408 e. The van der Waals surface area contributed by atoms with Crippen LogP contribution in [0.3, 0.4) is 0 Å². The third kappa shape index (κ3) is 4.60. The van der Waals surface area contributed by atoms with Gasteiger partial charge in [-0.2, -0.15) is 0 Å². The number of benzene rings is 2. The summed E-state index contributed by atoms with van der Waals surface area (Å²) in [6, 6.07) is 20.3. The minimum absolute atomic E-state index is 0.00411. The topological polar surface area (TPSA) is 71.5 Å². The van der Waals surface area contributed by atoms with Crippen molar-refractivity contribution in [2.45, 2.75) is 19.6 Å². The van der Waals surface area contributed by atoms with Crippen molar-refractivity contribution < 1.29 is 14.6 Å². The zero-order valence-electron chi connectivity index (χ0n) is 14.4. The number of amides is 1. The number of hydrogen-bond donors (Lipinski definition) is 2. The van der Waals surface area contributed by atoms with Crippen molar-refractivity contribution in [3.8, 4) is 0 Å². The molecule has 0 aliphatic rings. The van der Waals surface area contributed by atoms with Gasteiger partial charge in [-0.15, -0.1) is 0 Å². The number of rotatable bonds is 5. The van der Waals surface area contributed by atoms with Gasteiger partial charge in [0.2, 0.25) is 0 Å². The lowest BCUT2D eigenvalue weighted by Gasteiger charge is -2.13. The number of aliphatic hydroxyl groups is 1. The van der Waals surface area contributed by atoms with Gasteiger partial charge >= 0.3 is 6.09 Å². The fourth-order valence-corrected chi connectivity index (χ4v) is 2.45. The number of alkyl carbamates (subject to hydrolysis) is 1. The third-order valence-electron chi connectivity index (χ3n) is 3.91. The molecule has 0 saturated carbocycles. The molecule has 26 heavy (non-hydrogen) atoms. The second-order valence-corrected chi connectivity index (χ2v) is 5.93. The minimum Gasteiger partial charge on any atom is -0.510 e. The van der Waals surface area contributed by atoms with E-state index >= 15 is 0 Å². The van der Waals surface area contributed by atoms with Crippen LogP contribution >= 0.6 is 0 Å². The normalized spacial score (nSPS) is 12.6. The van der Waals surface area contributed by atoms with E-state index < -0.39 is 12.1 Å². The summed E-state index contributed by atoms with van der Waals surface area (Å²) in [5.41, 5.74) is 2.36. The van der Waals surface area contributed by atoms with Crippen molar-refractivity contribution in [1.29, 1.82) is 0 Å². The Kier molecular flexibility index (Phi) is 5.49. The van der Waals surface area contributed by atoms with Crippen molar-refractivity contribution in [1.82, 2.24) is 10.3 Å². The summed E-state index contributed by atoms with van der Waals surface area (Å²) in [6.07, 6.45) is 0.946. The number of para-hydroxylation sites is 1. The summed E-state index contributed by atoms with van der Waals surface area (Å²) in [5, 5.41) is 13.9. The number of nitrogens with zero attached hydrogens (tertiary/aromatic N) is 1. The van der Waals surface area contributed by atoms with Crippen LogP contribution in [-0.2, 0) is 11.3 Å². The Hall–Kier alpha value is -3.34. The third-order valence-corrected chi connectivity index (χ3v) is 3.91. The van der Waals surface area contributed by atoms with E-state index in [1.54, 1.807) is 6.92 Å². The summed E-state index contributed by atoms with van der Waals surface area (Å²) in [4.78, 5) is 16.3. The molecule has 2 N–H and O–H groups in total. The molecule has 1 heterocycles. The van der Waals surface area contributed by atoms with Crippen molar-refractivity contribution in [2.24, 2.45) is 0 Å². The first kappa shape index (κ1) is 17.5. The second kappa shape index (κ2) is 8.16. The first-order valence-electron chi connectivity index (χ1n) is 8.35. The van der Waals surface area contributed by atoms with Crippen LogP contribution in [0.4, 0.5) is 4.79 Å². The van der Waals surface area contributed by atoms with Gasteiger partial charge in [0.25, 0.3) is 0 Å². The number of aromatic nitrogens is 1. The van der Waals surface area contributed by atoms with Crippen molar-refractivity contribution >= 4 is 23.1 Å². The highest BCUT2D eigenvalue weighted by Gasteiger charge is 2.12. The first-order chi connectivity index (χ1) is 12.6. The lowest BCUT2D eigenvalue weighted by molar-refractivity contribution is 0.135. The van der Waals surface area contributed by atoms with E-state index in [2.05, 4.69) is 10.3 Å². The molecule has 0 bridgehead atoms. The highest BCUT2D eigenvalue weighted by atomic mass is 16.5. The van der Waals surface area contributed by atoms with Crippen molar-refractivity contribution in [3.05, 3.63) is 83.7 Å². The average molecular weight is 348 g/mol. The number of ether oxygens (including phenoxy) is 1. The number of carbonyl (C=O) groups is 1.